The summed E-state index contributed by atoms with van der Waals surface area (Å²) in [5, 5.41) is 3.75. The minimum Gasteiger partial charge on any atom is -0.497 e. The number of methoxy groups -OCH3 is 1. The Morgan fingerprint density at radius 1 is 1.02 bits per heavy atom. The lowest BCUT2D eigenvalue weighted by Crippen LogP contribution is -2.47. The SMILES string of the molecule is COc1ccc(-c2ccc(CC(NC(=O)c3ccc4c(N5CCN(C)CC5)nc(N)nc4c3)C(=O)N(C)C)cn2)cc1. The fourth-order valence-corrected chi connectivity index (χ4v) is 5.00. The fourth-order valence-electron chi connectivity index (χ4n) is 5.00. The molecule has 11 heteroatoms. The molecule has 42 heavy (non-hydrogen) atoms. The number of nitrogen functional groups attached to an aromatic ring is 1. The van der Waals surface area contributed by atoms with Crippen molar-refractivity contribution in [1.29, 1.82) is 0 Å². The van der Waals surface area contributed by atoms with Gasteiger partial charge in [0.05, 0.1) is 18.3 Å². The summed E-state index contributed by atoms with van der Waals surface area (Å²) in [6.07, 6.45) is 2.02. The smallest absolute Gasteiger partial charge is 0.252 e. The molecule has 1 unspecified atom stereocenters. The minimum atomic E-state index is -0.784. The maximum atomic E-state index is 13.4. The van der Waals surface area contributed by atoms with Crippen LogP contribution in [0.3, 0.4) is 0 Å². The molecule has 2 aromatic carbocycles. The zero-order valence-corrected chi connectivity index (χ0v) is 24.4. The van der Waals surface area contributed by atoms with Crippen LogP contribution in [0.25, 0.3) is 22.2 Å². The van der Waals surface area contributed by atoms with E-state index in [1.165, 1.54) is 4.90 Å². The van der Waals surface area contributed by atoms with Gasteiger partial charge in [-0.1, -0.05) is 6.07 Å². The van der Waals surface area contributed by atoms with Crippen molar-refractivity contribution in [3.05, 3.63) is 71.9 Å². The van der Waals surface area contributed by atoms with Crippen molar-refractivity contribution in [2.75, 3.05) is 65.1 Å². The van der Waals surface area contributed by atoms with Crippen molar-refractivity contribution < 1.29 is 14.3 Å². The summed E-state index contributed by atoms with van der Waals surface area (Å²) in [6, 6.07) is 16.0. The number of amides is 2. The van der Waals surface area contributed by atoms with E-state index < -0.39 is 6.04 Å². The van der Waals surface area contributed by atoms with Gasteiger partial charge in [0, 0.05) is 69.4 Å². The number of nitrogens with two attached hydrogens (primary N) is 1. The summed E-state index contributed by atoms with van der Waals surface area (Å²) in [5.41, 5.74) is 9.60. The first kappa shape index (κ1) is 28.7. The third-order valence-corrected chi connectivity index (χ3v) is 7.45. The number of hydrogen-bond donors (Lipinski definition) is 2. The molecule has 4 aromatic rings. The average Bonchev–Trinajstić information content (AvgIpc) is 3.00. The van der Waals surface area contributed by atoms with Gasteiger partial charge in [-0.3, -0.25) is 14.6 Å². The number of fused-ring (bicyclic) bond motifs is 1. The van der Waals surface area contributed by atoms with Crippen LogP contribution in [-0.4, -0.2) is 97.0 Å². The van der Waals surface area contributed by atoms with Crippen LogP contribution in [-0.2, 0) is 11.2 Å². The first-order valence-electron chi connectivity index (χ1n) is 13.8. The van der Waals surface area contributed by atoms with Crippen LogP contribution in [0.5, 0.6) is 5.75 Å². The quantitative estimate of drug-likeness (QED) is 0.329. The predicted molar refractivity (Wildman–Crippen MR) is 164 cm³/mol. The monoisotopic (exact) mass is 568 g/mol. The van der Waals surface area contributed by atoms with E-state index in [2.05, 4.69) is 37.1 Å². The number of carbonyl (C=O) groups is 2. The Morgan fingerprint density at radius 3 is 2.40 bits per heavy atom. The maximum absolute atomic E-state index is 13.4. The molecule has 0 radical (unpaired) electrons. The zero-order valence-electron chi connectivity index (χ0n) is 24.4. The van der Waals surface area contributed by atoms with E-state index in [4.69, 9.17) is 10.5 Å². The lowest BCUT2D eigenvalue weighted by Gasteiger charge is -2.33. The van der Waals surface area contributed by atoms with Crippen molar-refractivity contribution in [2.45, 2.75) is 12.5 Å². The molecule has 0 bridgehead atoms. The van der Waals surface area contributed by atoms with Crippen LogP contribution < -0.4 is 20.7 Å². The van der Waals surface area contributed by atoms with Gasteiger partial charge in [-0.05, 0) is 61.1 Å². The molecule has 3 heterocycles. The van der Waals surface area contributed by atoms with Crippen LogP contribution in [0, 0.1) is 0 Å². The number of rotatable bonds is 8. The molecule has 1 saturated heterocycles. The number of anilines is 2. The lowest BCUT2D eigenvalue weighted by molar-refractivity contribution is -0.130. The summed E-state index contributed by atoms with van der Waals surface area (Å²) < 4.78 is 5.23. The summed E-state index contributed by atoms with van der Waals surface area (Å²) in [7, 11) is 7.06. The van der Waals surface area contributed by atoms with Crippen LogP contribution in [0.1, 0.15) is 15.9 Å². The number of aromatic nitrogens is 3. The Bertz CT molecular complexity index is 1570. The second-order valence-corrected chi connectivity index (χ2v) is 10.7. The van der Waals surface area contributed by atoms with Crippen LogP contribution in [0.15, 0.2) is 60.8 Å². The molecule has 2 aromatic heterocycles. The lowest BCUT2D eigenvalue weighted by atomic mass is 10.0. The van der Waals surface area contributed by atoms with Crippen molar-refractivity contribution in [2.24, 2.45) is 0 Å². The van der Waals surface area contributed by atoms with Gasteiger partial charge >= 0.3 is 0 Å². The molecule has 0 saturated carbocycles. The first-order chi connectivity index (χ1) is 20.2. The topological polar surface area (TPSA) is 130 Å². The Morgan fingerprint density at radius 2 is 1.76 bits per heavy atom. The van der Waals surface area contributed by atoms with Crippen LogP contribution in [0.4, 0.5) is 11.8 Å². The summed E-state index contributed by atoms with van der Waals surface area (Å²) in [6.45, 7) is 3.50. The molecule has 0 aliphatic carbocycles. The van der Waals surface area contributed by atoms with Gasteiger partial charge in [-0.2, -0.15) is 4.98 Å². The highest BCUT2D eigenvalue weighted by Crippen LogP contribution is 2.27. The standard InChI is InChI=1S/C31H36N8O3/c1-37(2)30(41)27(17-20-5-12-25(33-19-20)21-6-9-23(42-4)10-7-21)34-29(40)22-8-11-24-26(18-22)35-31(32)36-28(24)39-15-13-38(3)14-16-39/h5-12,18-19,27H,13-17H2,1-4H3,(H,34,40)(H2,32,35,36). The van der Waals surface area contributed by atoms with E-state index in [1.54, 1.807) is 39.5 Å². The summed E-state index contributed by atoms with van der Waals surface area (Å²) >= 11 is 0. The van der Waals surface area contributed by atoms with Crippen LogP contribution in [0.2, 0.25) is 0 Å². The highest BCUT2D eigenvalue weighted by molar-refractivity contribution is 6.02. The average molecular weight is 569 g/mol. The molecule has 2 amide bonds. The van der Waals surface area contributed by atoms with Gasteiger partial charge < -0.3 is 30.5 Å². The predicted octanol–water partition coefficient (Wildman–Crippen LogP) is 2.46. The minimum absolute atomic E-state index is 0.153. The molecule has 11 nitrogen and oxygen atoms in total. The number of ether oxygens (including phenoxy) is 1. The highest BCUT2D eigenvalue weighted by atomic mass is 16.5. The Kier molecular flexibility index (Phi) is 8.48. The van der Waals surface area contributed by atoms with E-state index in [0.717, 1.165) is 60.0 Å². The molecule has 218 valence electrons. The summed E-state index contributed by atoms with van der Waals surface area (Å²) in [5.74, 6) is 1.10. The Balaban J connectivity index is 1.34. The van der Waals surface area contributed by atoms with Gasteiger partial charge in [0.25, 0.3) is 5.91 Å². The molecular formula is C31H36N8O3. The van der Waals surface area contributed by atoms with E-state index >= 15 is 0 Å². The molecule has 1 aliphatic rings. The Labute approximate surface area is 245 Å². The van der Waals surface area contributed by atoms with E-state index in [0.29, 0.717) is 11.1 Å². The summed E-state index contributed by atoms with van der Waals surface area (Å²) in [4.78, 5) is 45.9. The molecule has 1 aliphatic heterocycles. The van der Waals surface area contributed by atoms with Gasteiger partial charge in [0.15, 0.2) is 0 Å². The first-order valence-corrected chi connectivity index (χ1v) is 13.8. The van der Waals surface area contributed by atoms with Crippen molar-refractivity contribution in [1.82, 2.24) is 30.1 Å². The number of likely N-dealkylation sites (N-methyl/N-ethyl adjacent to an activating group) is 2. The second kappa shape index (κ2) is 12.4. The number of hydrogen-bond acceptors (Lipinski definition) is 9. The fraction of sp³-hybridized carbons (Fsp3) is 0.323. The molecule has 5 rings (SSSR count). The largest absolute Gasteiger partial charge is 0.497 e. The Hall–Kier alpha value is -4.77. The zero-order chi connectivity index (χ0) is 29.8. The highest BCUT2D eigenvalue weighted by Gasteiger charge is 2.25. The third kappa shape index (κ3) is 6.41. The van der Waals surface area contributed by atoms with E-state index in [1.807, 2.05) is 42.5 Å². The van der Waals surface area contributed by atoms with E-state index in [9.17, 15) is 9.59 Å². The number of carbonyl (C=O) groups excluding carboxylic acids is 2. The number of nitrogens with zero attached hydrogens (tertiary/aromatic N) is 6. The number of benzene rings is 2. The van der Waals surface area contributed by atoms with Crippen LogP contribution >= 0.6 is 0 Å². The van der Waals surface area contributed by atoms with Gasteiger partial charge in [-0.25, -0.2) is 4.98 Å². The number of nitrogens with one attached hydrogen (secondary N) is 1. The van der Waals surface area contributed by atoms with Crippen molar-refractivity contribution in [3.63, 3.8) is 0 Å². The molecule has 1 fully saturated rings. The van der Waals surface area contributed by atoms with Gasteiger partial charge in [0.1, 0.15) is 17.6 Å². The van der Waals surface area contributed by atoms with Crippen molar-refractivity contribution >= 4 is 34.5 Å². The van der Waals surface area contributed by atoms with Crippen molar-refractivity contribution in [3.8, 4) is 17.0 Å². The number of piperazine rings is 1. The maximum Gasteiger partial charge on any atom is 0.252 e. The van der Waals surface area contributed by atoms with Gasteiger partial charge in [-0.15, -0.1) is 0 Å². The third-order valence-electron chi connectivity index (χ3n) is 7.45. The molecule has 1 atom stereocenters. The molecular weight excluding hydrogens is 532 g/mol. The molecule has 0 spiro atoms. The normalized spacial score (nSPS) is 14.4. The van der Waals surface area contributed by atoms with E-state index in [-0.39, 0.29) is 24.2 Å². The second-order valence-electron chi connectivity index (χ2n) is 10.7. The number of pyridine rings is 1. The molecule has 3 N–H and O–H groups in total. The van der Waals surface area contributed by atoms with Gasteiger partial charge in [0.2, 0.25) is 11.9 Å².